The molecular weight excluding hydrogens is 328 g/mol. The molecule has 0 aromatic heterocycles. The first-order valence-electron chi connectivity index (χ1n) is 9.39. The van der Waals surface area contributed by atoms with Crippen molar-refractivity contribution < 1.29 is 9.59 Å². The van der Waals surface area contributed by atoms with Gasteiger partial charge in [-0.3, -0.25) is 9.69 Å². The molecule has 0 saturated heterocycles. The van der Waals surface area contributed by atoms with E-state index in [-0.39, 0.29) is 11.9 Å². The molecule has 0 spiro atoms. The highest BCUT2D eigenvalue weighted by atomic mass is 16.2. The lowest BCUT2D eigenvalue weighted by atomic mass is 10.0. The summed E-state index contributed by atoms with van der Waals surface area (Å²) in [6.07, 6.45) is 1.04. The van der Waals surface area contributed by atoms with Crippen LogP contribution in [0.3, 0.4) is 0 Å². The minimum atomic E-state index is -0.250. The first kappa shape index (κ1) is 22.0. The van der Waals surface area contributed by atoms with E-state index in [1.807, 2.05) is 0 Å². The van der Waals surface area contributed by atoms with Crippen molar-refractivity contribution in [1.82, 2.24) is 15.1 Å². The first-order chi connectivity index (χ1) is 12.3. The van der Waals surface area contributed by atoms with E-state index in [9.17, 15) is 9.59 Å². The quantitative estimate of drug-likeness (QED) is 0.709. The molecule has 0 radical (unpaired) electrons. The van der Waals surface area contributed by atoms with Crippen molar-refractivity contribution in [2.45, 2.75) is 40.2 Å². The number of nitrogens with zero attached hydrogens (tertiary/aromatic N) is 2. The molecule has 146 valence electrons. The van der Waals surface area contributed by atoms with E-state index in [0.717, 1.165) is 19.5 Å². The average Bonchev–Trinajstić information content (AvgIpc) is 2.59. The number of hydrogen-bond donors (Lipinski definition) is 2. The lowest BCUT2D eigenvalue weighted by Crippen LogP contribution is -2.45. The van der Waals surface area contributed by atoms with Gasteiger partial charge in [0.25, 0.3) is 5.91 Å². The molecule has 2 N–H and O–H groups in total. The van der Waals surface area contributed by atoms with Crippen LogP contribution in [-0.4, -0.2) is 61.5 Å². The standard InChI is InChI=1S/C20H34N4O2/c1-7-24(8-2)18(12-15(3)4)14-21-20(26)22-17-11-9-10-16(13-17)19(25)23(5)6/h9-11,13,15,18H,7-8,12,14H2,1-6H3,(H2,21,22,26). The molecule has 3 amide bonds. The van der Waals surface area contributed by atoms with E-state index in [1.54, 1.807) is 38.4 Å². The lowest BCUT2D eigenvalue weighted by Gasteiger charge is -2.31. The van der Waals surface area contributed by atoms with E-state index < -0.39 is 0 Å². The van der Waals surface area contributed by atoms with Gasteiger partial charge < -0.3 is 15.5 Å². The molecule has 0 fully saturated rings. The van der Waals surface area contributed by atoms with Crippen molar-refractivity contribution in [3.8, 4) is 0 Å². The van der Waals surface area contributed by atoms with Gasteiger partial charge in [-0.15, -0.1) is 0 Å². The van der Waals surface area contributed by atoms with Crippen molar-refractivity contribution >= 4 is 17.6 Å². The Labute approximate surface area is 157 Å². The molecule has 1 rings (SSSR count). The van der Waals surface area contributed by atoms with Gasteiger partial charge in [-0.25, -0.2) is 4.79 Å². The topological polar surface area (TPSA) is 64.7 Å². The molecule has 1 unspecified atom stereocenters. The van der Waals surface area contributed by atoms with Crippen molar-refractivity contribution in [3.05, 3.63) is 29.8 Å². The van der Waals surface area contributed by atoms with Gasteiger partial charge in [0, 0.05) is 37.9 Å². The third kappa shape index (κ3) is 7.04. The maximum atomic E-state index is 12.3. The Hall–Kier alpha value is -2.08. The van der Waals surface area contributed by atoms with Gasteiger partial charge in [0.2, 0.25) is 0 Å². The number of benzene rings is 1. The molecule has 1 aromatic rings. The van der Waals surface area contributed by atoms with Crippen molar-refractivity contribution in [3.63, 3.8) is 0 Å². The second-order valence-corrected chi connectivity index (χ2v) is 7.12. The van der Waals surface area contributed by atoms with Crippen LogP contribution in [0.4, 0.5) is 10.5 Å². The van der Waals surface area contributed by atoms with E-state index in [2.05, 4.69) is 43.2 Å². The van der Waals surface area contributed by atoms with Crippen molar-refractivity contribution in [2.75, 3.05) is 39.0 Å². The van der Waals surface area contributed by atoms with Crippen molar-refractivity contribution in [1.29, 1.82) is 0 Å². The fourth-order valence-electron chi connectivity index (χ4n) is 3.02. The number of hydrogen-bond acceptors (Lipinski definition) is 3. The largest absolute Gasteiger partial charge is 0.345 e. The third-order valence-corrected chi connectivity index (χ3v) is 4.34. The van der Waals surface area contributed by atoms with Gasteiger partial charge in [-0.1, -0.05) is 33.8 Å². The molecule has 26 heavy (non-hydrogen) atoms. The summed E-state index contributed by atoms with van der Waals surface area (Å²) in [7, 11) is 3.41. The maximum absolute atomic E-state index is 12.3. The monoisotopic (exact) mass is 362 g/mol. The van der Waals surface area contributed by atoms with Gasteiger partial charge in [0.05, 0.1) is 0 Å². The zero-order valence-corrected chi connectivity index (χ0v) is 17.0. The number of likely N-dealkylation sites (N-methyl/N-ethyl adjacent to an activating group) is 1. The van der Waals surface area contributed by atoms with E-state index in [0.29, 0.717) is 29.8 Å². The number of urea groups is 1. The van der Waals surface area contributed by atoms with Crippen LogP contribution in [0.2, 0.25) is 0 Å². The summed E-state index contributed by atoms with van der Waals surface area (Å²) in [4.78, 5) is 28.2. The van der Waals surface area contributed by atoms with E-state index >= 15 is 0 Å². The van der Waals surface area contributed by atoms with Gasteiger partial charge in [0.15, 0.2) is 0 Å². The zero-order valence-electron chi connectivity index (χ0n) is 17.0. The summed E-state index contributed by atoms with van der Waals surface area (Å²) in [5, 5.41) is 5.79. The number of rotatable bonds is 9. The van der Waals surface area contributed by atoms with Gasteiger partial charge in [-0.05, 0) is 43.6 Å². The second-order valence-electron chi connectivity index (χ2n) is 7.12. The van der Waals surface area contributed by atoms with Gasteiger partial charge in [0.1, 0.15) is 0 Å². The van der Waals surface area contributed by atoms with Gasteiger partial charge in [-0.2, -0.15) is 0 Å². The Bertz CT molecular complexity index is 583. The summed E-state index contributed by atoms with van der Waals surface area (Å²) in [6.45, 7) is 11.2. The Morgan fingerprint density at radius 2 is 1.77 bits per heavy atom. The summed E-state index contributed by atoms with van der Waals surface area (Å²) < 4.78 is 0. The fraction of sp³-hybridized carbons (Fsp3) is 0.600. The Morgan fingerprint density at radius 3 is 2.31 bits per heavy atom. The summed E-state index contributed by atoms with van der Waals surface area (Å²) in [5.41, 5.74) is 1.16. The van der Waals surface area contributed by atoms with Crippen LogP contribution in [0.1, 0.15) is 44.5 Å². The van der Waals surface area contributed by atoms with Crippen LogP contribution < -0.4 is 10.6 Å². The summed E-state index contributed by atoms with van der Waals surface area (Å²) >= 11 is 0. The van der Waals surface area contributed by atoms with Gasteiger partial charge >= 0.3 is 6.03 Å². The Balaban J connectivity index is 2.67. The van der Waals surface area contributed by atoms with Crippen LogP contribution >= 0.6 is 0 Å². The van der Waals surface area contributed by atoms with Crippen LogP contribution in [0.5, 0.6) is 0 Å². The van der Waals surface area contributed by atoms with E-state index in [1.165, 1.54) is 4.90 Å². The molecule has 0 aliphatic rings. The number of carbonyl (C=O) groups excluding carboxylic acids is 2. The minimum absolute atomic E-state index is 0.0902. The number of anilines is 1. The number of nitrogens with one attached hydrogen (secondary N) is 2. The molecular formula is C20H34N4O2. The molecule has 1 aromatic carbocycles. The molecule has 0 bridgehead atoms. The predicted octanol–water partition coefficient (Wildman–Crippen LogP) is 3.27. The lowest BCUT2D eigenvalue weighted by molar-refractivity contribution is 0.0827. The zero-order chi connectivity index (χ0) is 19.7. The molecule has 0 saturated carbocycles. The molecule has 0 heterocycles. The number of amides is 3. The normalized spacial score (nSPS) is 12.2. The number of carbonyl (C=O) groups is 2. The van der Waals surface area contributed by atoms with Crippen LogP contribution in [0.15, 0.2) is 24.3 Å². The summed E-state index contributed by atoms with van der Waals surface area (Å²) in [6, 6.07) is 7.05. The molecule has 1 atom stereocenters. The predicted molar refractivity (Wildman–Crippen MR) is 108 cm³/mol. The van der Waals surface area contributed by atoms with Crippen LogP contribution in [-0.2, 0) is 0 Å². The van der Waals surface area contributed by atoms with E-state index in [4.69, 9.17) is 0 Å². The Kier molecular flexibility index (Phi) is 9.13. The van der Waals surface area contributed by atoms with Crippen LogP contribution in [0.25, 0.3) is 0 Å². The molecule has 0 aliphatic heterocycles. The third-order valence-electron chi connectivity index (χ3n) is 4.34. The fourth-order valence-corrected chi connectivity index (χ4v) is 3.02. The highest BCUT2D eigenvalue weighted by Crippen LogP contribution is 2.13. The molecule has 6 nitrogen and oxygen atoms in total. The highest BCUT2D eigenvalue weighted by molar-refractivity contribution is 5.96. The SMILES string of the molecule is CCN(CC)C(CNC(=O)Nc1cccc(C(=O)N(C)C)c1)CC(C)C. The van der Waals surface area contributed by atoms with Crippen LogP contribution in [0, 0.1) is 5.92 Å². The maximum Gasteiger partial charge on any atom is 0.319 e. The molecule has 6 heteroatoms. The average molecular weight is 363 g/mol. The first-order valence-corrected chi connectivity index (χ1v) is 9.39. The highest BCUT2D eigenvalue weighted by Gasteiger charge is 2.18. The Morgan fingerprint density at radius 1 is 1.12 bits per heavy atom. The molecule has 0 aliphatic carbocycles. The second kappa shape index (κ2) is 10.8. The van der Waals surface area contributed by atoms with Crippen molar-refractivity contribution in [2.24, 2.45) is 5.92 Å². The summed E-state index contributed by atoms with van der Waals surface area (Å²) in [5.74, 6) is 0.478. The minimum Gasteiger partial charge on any atom is -0.345 e. The smallest absolute Gasteiger partial charge is 0.319 e.